The first-order valence-electron chi connectivity index (χ1n) is 3.24. The molecule has 0 fully saturated rings. The molecule has 0 saturated heterocycles. The Balaban J connectivity index is 2.43. The number of hydrogen-bond acceptors (Lipinski definition) is 1. The van der Waals surface area contributed by atoms with Gasteiger partial charge in [0.05, 0.1) is 0 Å². The second-order valence-corrected chi connectivity index (χ2v) is 2.81. The van der Waals surface area contributed by atoms with Gasteiger partial charge in [0.2, 0.25) is 0 Å². The van der Waals surface area contributed by atoms with E-state index in [9.17, 15) is 0 Å². The maximum absolute atomic E-state index is 3.25. The molecule has 0 aliphatic rings. The van der Waals surface area contributed by atoms with Crippen molar-refractivity contribution in [2.45, 2.75) is 6.54 Å². The van der Waals surface area contributed by atoms with E-state index in [0.29, 0.717) is 0 Å². The van der Waals surface area contributed by atoms with E-state index < -0.39 is 0 Å². The van der Waals surface area contributed by atoms with Crippen LogP contribution < -0.4 is 5.32 Å². The van der Waals surface area contributed by atoms with Gasteiger partial charge < -0.3 is 5.32 Å². The molecule has 0 heterocycles. The molecule has 1 rings (SSSR count). The summed E-state index contributed by atoms with van der Waals surface area (Å²) in [6.45, 7) is 0.976. The van der Waals surface area contributed by atoms with Gasteiger partial charge in [0.15, 0.2) is 0 Å². The molecule has 0 amide bonds. The molecule has 0 aliphatic heterocycles. The van der Waals surface area contributed by atoms with Gasteiger partial charge in [-0.1, -0.05) is 52.9 Å². The molecular formula is C8H10IN. The highest BCUT2D eigenvalue weighted by Crippen LogP contribution is 1.96. The van der Waals surface area contributed by atoms with Gasteiger partial charge in [0.25, 0.3) is 0 Å². The Morgan fingerprint density at radius 2 is 1.90 bits per heavy atom. The van der Waals surface area contributed by atoms with E-state index in [1.807, 2.05) is 6.07 Å². The minimum absolute atomic E-state index is 0.976. The Bertz CT molecular complexity index is 174. The molecule has 0 spiro atoms. The fraction of sp³-hybridized carbons (Fsp3) is 0.250. The molecule has 54 valence electrons. The first kappa shape index (κ1) is 8.01. The lowest BCUT2D eigenvalue weighted by atomic mass is 10.2. The van der Waals surface area contributed by atoms with Gasteiger partial charge in [0, 0.05) is 11.1 Å². The number of nitrogens with one attached hydrogen (secondary N) is 1. The number of halogens is 1. The highest BCUT2D eigenvalue weighted by Gasteiger charge is 1.86. The van der Waals surface area contributed by atoms with Gasteiger partial charge in [-0.3, -0.25) is 0 Å². The van der Waals surface area contributed by atoms with E-state index in [1.54, 1.807) is 0 Å². The third kappa shape index (κ3) is 2.66. The van der Waals surface area contributed by atoms with Gasteiger partial charge in [-0.05, 0) is 5.56 Å². The van der Waals surface area contributed by atoms with E-state index in [2.05, 4.69) is 52.2 Å². The maximum atomic E-state index is 3.25. The fourth-order valence-corrected chi connectivity index (χ4v) is 1.06. The molecule has 0 saturated carbocycles. The van der Waals surface area contributed by atoms with Crippen molar-refractivity contribution in [3.63, 3.8) is 0 Å². The number of benzene rings is 1. The summed E-state index contributed by atoms with van der Waals surface area (Å²) in [6, 6.07) is 10.4. The Labute approximate surface area is 75.0 Å². The van der Waals surface area contributed by atoms with Crippen LogP contribution in [-0.2, 0) is 6.54 Å². The van der Waals surface area contributed by atoms with Crippen molar-refractivity contribution in [1.29, 1.82) is 0 Å². The van der Waals surface area contributed by atoms with Crippen LogP contribution in [0.15, 0.2) is 30.3 Å². The van der Waals surface area contributed by atoms with Crippen molar-refractivity contribution < 1.29 is 0 Å². The molecule has 0 aromatic heterocycles. The molecule has 0 bridgehead atoms. The van der Waals surface area contributed by atoms with Crippen LogP contribution >= 0.6 is 22.6 Å². The quantitative estimate of drug-likeness (QED) is 0.490. The van der Waals surface area contributed by atoms with E-state index in [0.717, 1.165) is 11.1 Å². The van der Waals surface area contributed by atoms with Crippen molar-refractivity contribution in [1.82, 2.24) is 5.32 Å². The predicted molar refractivity (Wildman–Crippen MR) is 52.2 cm³/mol. The van der Waals surface area contributed by atoms with Crippen LogP contribution in [0.4, 0.5) is 0 Å². The molecular weight excluding hydrogens is 237 g/mol. The molecule has 0 atom stereocenters. The van der Waals surface area contributed by atoms with Gasteiger partial charge >= 0.3 is 0 Å². The van der Waals surface area contributed by atoms with E-state index in [-0.39, 0.29) is 0 Å². The zero-order chi connectivity index (χ0) is 7.23. The van der Waals surface area contributed by atoms with Crippen LogP contribution in [0, 0.1) is 0 Å². The van der Waals surface area contributed by atoms with Gasteiger partial charge in [0.1, 0.15) is 0 Å². The average molecular weight is 247 g/mol. The smallest absolute Gasteiger partial charge is 0.0482 e. The summed E-state index contributed by atoms with van der Waals surface area (Å²) in [5, 5.41) is 3.25. The van der Waals surface area contributed by atoms with E-state index in [4.69, 9.17) is 0 Å². The van der Waals surface area contributed by atoms with Gasteiger partial charge in [-0.15, -0.1) is 0 Å². The summed E-state index contributed by atoms with van der Waals surface area (Å²) in [6.07, 6.45) is 0. The topological polar surface area (TPSA) is 12.0 Å². The lowest BCUT2D eigenvalue weighted by molar-refractivity contribution is 0.808. The summed E-state index contributed by atoms with van der Waals surface area (Å²) in [7, 11) is 0. The summed E-state index contributed by atoms with van der Waals surface area (Å²) in [4.78, 5) is 0. The summed E-state index contributed by atoms with van der Waals surface area (Å²) in [5.41, 5.74) is 1.35. The van der Waals surface area contributed by atoms with Crippen LogP contribution in [-0.4, -0.2) is 4.55 Å². The zero-order valence-electron chi connectivity index (χ0n) is 5.68. The molecule has 0 unspecified atom stereocenters. The average Bonchev–Trinajstić information content (AvgIpc) is 2.03. The SMILES string of the molecule is ICNCc1ccccc1. The minimum Gasteiger partial charge on any atom is -0.304 e. The fourth-order valence-electron chi connectivity index (χ4n) is 0.787. The molecule has 1 nitrogen and oxygen atoms in total. The largest absolute Gasteiger partial charge is 0.304 e. The summed E-state index contributed by atoms with van der Waals surface area (Å²) < 4.78 is 1.01. The second kappa shape index (κ2) is 4.68. The van der Waals surface area contributed by atoms with Gasteiger partial charge in [-0.2, -0.15) is 0 Å². The highest BCUT2D eigenvalue weighted by atomic mass is 127. The Hall–Kier alpha value is -0.0900. The lowest BCUT2D eigenvalue weighted by Gasteiger charge is -1.98. The Kier molecular flexibility index (Phi) is 3.75. The van der Waals surface area contributed by atoms with Crippen molar-refractivity contribution in [2.75, 3.05) is 4.55 Å². The number of alkyl halides is 1. The van der Waals surface area contributed by atoms with E-state index >= 15 is 0 Å². The molecule has 1 N–H and O–H groups in total. The molecule has 1 aromatic rings. The molecule has 1 aromatic carbocycles. The first-order valence-corrected chi connectivity index (χ1v) is 4.76. The number of rotatable bonds is 3. The third-order valence-electron chi connectivity index (χ3n) is 1.27. The van der Waals surface area contributed by atoms with Crippen LogP contribution in [0.1, 0.15) is 5.56 Å². The molecule has 10 heavy (non-hydrogen) atoms. The lowest BCUT2D eigenvalue weighted by Crippen LogP contribution is -2.09. The van der Waals surface area contributed by atoms with Gasteiger partial charge in [-0.25, -0.2) is 0 Å². The Morgan fingerprint density at radius 1 is 1.20 bits per heavy atom. The van der Waals surface area contributed by atoms with Crippen molar-refractivity contribution in [2.24, 2.45) is 0 Å². The van der Waals surface area contributed by atoms with E-state index in [1.165, 1.54) is 5.56 Å². The molecule has 0 radical (unpaired) electrons. The van der Waals surface area contributed by atoms with Crippen LogP contribution in [0.5, 0.6) is 0 Å². The first-order chi connectivity index (χ1) is 4.93. The third-order valence-corrected chi connectivity index (χ3v) is 1.81. The summed E-state index contributed by atoms with van der Waals surface area (Å²) in [5.74, 6) is 0. The predicted octanol–water partition coefficient (Wildman–Crippen LogP) is 2.17. The van der Waals surface area contributed by atoms with Crippen molar-refractivity contribution in [3.8, 4) is 0 Å². The highest BCUT2D eigenvalue weighted by molar-refractivity contribution is 14.1. The second-order valence-electron chi connectivity index (χ2n) is 2.05. The maximum Gasteiger partial charge on any atom is 0.0482 e. The van der Waals surface area contributed by atoms with Crippen molar-refractivity contribution >= 4 is 22.6 Å². The molecule has 0 aliphatic carbocycles. The van der Waals surface area contributed by atoms with Crippen LogP contribution in [0.3, 0.4) is 0 Å². The van der Waals surface area contributed by atoms with Crippen molar-refractivity contribution in [3.05, 3.63) is 35.9 Å². The monoisotopic (exact) mass is 247 g/mol. The molecule has 2 heteroatoms. The van der Waals surface area contributed by atoms with Crippen LogP contribution in [0.2, 0.25) is 0 Å². The van der Waals surface area contributed by atoms with Crippen LogP contribution in [0.25, 0.3) is 0 Å². The minimum atomic E-state index is 0.976. The normalized spacial score (nSPS) is 9.70. The Morgan fingerprint density at radius 3 is 2.50 bits per heavy atom. The number of hydrogen-bond donors (Lipinski definition) is 1. The zero-order valence-corrected chi connectivity index (χ0v) is 7.84. The standard InChI is InChI=1S/C8H10IN/c9-7-10-6-8-4-2-1-3-5-8/h1-5,10H,6-7H2. The summed E-state index contributed by atoms with van der Waals surface area (Å²) >= 11 is 2.30.